The summed E-state index contributed by atoms with van der Waals surface area (Å²) >= 11 is 0. The molecule has 4 heteroatoms. The normalized spacial score (nSPS) is 13.2. The number of nitrogens with zero attached hydrogens (tertiary/aromatic N) is 1. The van der Waals surface area contributed by atoms with Crippen LogP contribution in [-0.2, 0) is 13.0 Å². The smallest absolute Gasteiger partial charge is 0.254 e. The van der Waals surface area contributed by atoms with E-state index in [2.05, 4.69) is 6.58 Å². The number of hydrogen-bond acceptors (Lipinski definition) is 3. The highest BCUT2D eigenvalue weighted by molar-refractivity contribution is 5.97. The fourth-order valence-electron chi connectivity index (χ4n) is 3.10. The molecule has 0 aromatic heterocycles. The molecule has 1 aliphatic rings. The highest BCUT2D eigenvalue weighted by Gasteiger charge is 2.24. The first-order chi connectivity index (χ1) is 11.7. The SMILES string of the molecule is C=Cc1ccccc1C(=O)N1CCc2cc(OC)c(OC)cc2C1. The second kappa shape index (κ2) is 6.79. The van der Waals surface area contributed by atoms with Crippen LogP contribution in [0.5, 0.6) is 11.5 Å². The van der Waals surface area contributed by atoms with Crippen molar-refractivity contribution in [1.29, 1.82) is 0 Å². The summed E-state index contributed by atoms with van der Waals surface area (Å²) in [7, 11) is 3.26. The molecule has 0 spiro atoms. The fraction of sp³-hybridized carbons (Fsp3) is 0.250. The fourth-order valence-corrected chi connectivity index (χ4v) is 3.10. The van der Waals surface area contributed by atoms with E-state index in [4.69, 9.17) is 9.47 Å². The maximum atomic E-state index is 12.9. The van der Waals surface area contributed by atoms with Gasteiger partial charge in [-0.3, -0.25) is 4.79 Å². The Morgan fingerprint density at radius 2 is 1.79 bits per heavy atom. The van der Waals surface area contributed by atoms with Gasteiger partial charge in [-0.05, 0) is 41.3 Å². The van der Waals surface area contributed by atoms with E-state index in [1.54, 1.807) is 20.3 Å². The van der Waals surface area contributed by atoms with Crippen molar-refractivity contribution in [1.82, 2.24) is 4.90 Å². The van der Waals surface area contributed by atoms with Gasteiger partial charge in [-0.2, -0.15) is 0 Å². The van der Waals surface area contributed by atoms with Gasteiger partial charge in [0.25, 0.3) is 5.91 Å². The van der Waals surface area contributed by atoms with Crippen LogP contribution in [0.1, 0.15) is 27.0 Å². The second-order valence-corrected chi connectivity index (χ2v) is 5.74. The van der Waals surface area contributed by atoms with Crippen molar-refractivity contribution >= 4 is 12.0 Å². The topological polar surface area (TPSA) is 38.8 Å². The van der Waals surface area contributed by atoms with E-state index in [1.807, 2.05) is 41.3 Å². The van der Waals surface area contributed by atoms with Gasteiger partial charge in [0, 0.05) is 18.7 Å². The van der Waals surface area contributed by atoms with Gasteiger partial charge in [0.1, 0.15) is 0 Å². The number of carbonyl (C=O) groups excluding carboxylic acids is 1. The number of methoxy groups -OCH3 is 2. The van der Waals surface area contributed by atoms with E-state index < -0.39 is 0 Å². The number of carbonyl (C=O) groups is 1. The number of rotatable bonds is 4. The summed E-state index contributed by atoms with van der Waals surface area (Å²) in [6.45, 7) is 5.05. The monoisotopic (exact) mass is 323 g/mol. The summed E-state index contributed by atoms with van der Waals surface area (Å²) in [6.07, 6.45) is 2.52. The number of benzene rings is 2. The molecule has 1 aliphatic heterocycles. The third-order valence-electron chi connectivity index (χ3n) is 4.42. The molecular weight excluding hydrogens is 302 g/mol. The van der Waals surface area contributed by atoms with Crippen molar-refractivity contribution in [3.63, 3.8) is 0 Å². The van der Waals surface area contributed by atoms with E-state index in [9.17, 15) is 4.79 Å². The zero-order valence-electron chi connectivity index (χ0n) is 14.0. The maximum Gasteiger partial charge on any atom is 0.254 e. The summed E-state index contributed by atoms with van der Waals surface area (Å²) in [6, 6.07) is 11.5. The van der Waals surface area contributed by atoms with Crippen molar-refractivity contribution in [2.24, 2.45) is 0 Å². The van der Waals surface area contributed by atoms with Crippen LogP contribution in [0.4, 0.5) is 0 Å². The molecule has 1 heterocycles. The lowest BCUT2D eigenvalue weighted by Crippen LogP contribution is -2.36. The highest BCUT2D eigenvalue weighted by Crippen LogP contribution is 2.33. The Morgan fingerprint density at radius 1 is 1.12 bits per heavy atom. The lowest BCUT2D eigenvalue weighted by molar-refractivity contribution is 0.0734. The van der Waals surface area contributed by atoms with E-state index in [0.717, 1.165) is 23.3 Å². The van der Waals surface area contributed by atoms with Crippen LogP contribution in [0.3, 0.4) is 0 Å². The van der Waals surface area contributed by atoms with Crippen LogP contribution in [-0.4, -0.2) is 31.6 Å². The van der Waals surface area contributed by atoms with Crippen LogP contribution in [0, 0.1) is 0 Å². The minimum Gasteiger partial charge on any atom is -0.493 e. The largest absolute Gasteiger partial charge is 0.493 e. The molecule has 0 radical (unpaired) electrons. The Labute approximate surface area is 142 Å². The lowest BCUT2D eigenvalue weighted by atomic mass is 9.97. The van der Waals surface area contributed by atoms with Crippen LogP contribution < -0.4 is 9.47 Å². The molecule has 0 aliphatic carbocycles. The van der Waals surface area contributed by atoms with E-state index >= 15 is 0 Å². The van der Waals surface area contributed by atoms with Crippen molar-refractivity contribution in [2.45, 2.75) is 13.0 Å². The minimum atomic E-state index is 0.0333. The molecule has 124 valence electrons. The summed E-state index contributed by atoms with van der Waals surface area (Å²) in [5.74, 6) is 1.45. The van der Waals surface area contributed by atoms with E-state index in [0.29, 0.717) is 24.4 Å². The van der Waals surface area contributed by atoms with Gasteiger partial charge in [0.2, 0.25) is 0 Å². The van der Waals surface area contributed by atoms with E-state index in [1.165, 1.54) is 5.56 Å². The molecule has 0 N–H and O–H groups in total. The van der Waals surface area contributed by atoms with Crippen LogP contribution >= 0.6 is 0 Å². The Bertz CT molecular complexity index is 782. The standard InChI is InChI=1S/C20H21NO3/c1-4-14-7-5-6-8-17(14)20(22)21-10-9-15-11-18(23-2)19(24-3)12-16(15)13-21/h4-8,11-12H,1,9-10,13H2,2-3H3. The molecule has 0 fully saturated rings. The average Bonchev–Trinajstić information content (AvgIpc) is 2.65. The second-order valence-electron chi connectivity index (χ2n) is 5.74. The van der Waals surface area contributed by atoms with Gasteiger partial charge in [0.15, 0.2) is 11.5 Å². The molecular formula is C20H21NO3. The lowest BCUT2D eigenvalue weighted by Gasteiger charge is -2.30. The van der Waals surface area contributed by atoms with Crippen LogP contribution in [0.25, 0.3) is 6.08 Å². The third kappa shape index (κ3) is 2.87. The molecule has 0 atom stereocenters. The highest BCUT2D eigenvalue weighted by atomic mass is 16.5. The molecule has 2 aromatic rings. The molecule has 2 aromatic carbocycles. The van der Waals surface area contributed by atoms with Gasteiger partial charge >= 0.3 is 0 Å². The minimum absolute atomic E-state index is 0.0333. The summed E-state index contributed by atoms with van der Waals surface area (Å²) in [5, 5.41) is 0. The maximum absolute atomic E-state index is 12.9. The number of amides is 1. The molecule has 0 bridgehead atoms. The van der Waals surface area contributed by atoms with Gasteiger partial charge < -0.3 is 14.4 Å². The first kappa shape index (κ1) is 16.1. The van der Waals surface area contributed by atoms with Crippen molar-refractivity contribution in [3.05, 3.63) is 65.2 Å². The molecule has 0 saturated heterocycles. The quantitative estimate of drug-likeness (QED) is 0.864. The zero-order valence-corrected chi connectivity index (χ0v) is 14.0. The molecule has 1 amide bonds. The predicted molar refractivity (Wildman–Crippen MR) is 94.5 cm³/mol. The van der Waals surface area contributed by atoms with Crippen LogP contribution in [0.2, 0.25) is 0 Å². The number of ether oxygens (including phenoxy) is 2. The Morgan fingerprint density at radius 3 is 2.46 bits per heavy atom. The van der Waals surface area contributed by atoms with Crippen molar-refractivity contribution in [2.75, 3.05) is 20.8 Å². The molecule has 3 rings (SSSR count). The molecule has 4 nitrogen and oxygen atoms in total. The number of fused-ring (bicyclic) bond motifs is 1. The van der Waals surface area contributed by atoms with E-state index in [-0.39, 0.29) is 5.91 Å². The Kier molecular flexibility index (Phi) is 4.56. The molecule has 24 heavy (non-hydrogen) atoms. The average molecular weight is 323 g/mol. The van der Waals surface area contributed by atoms with Gasteiger partial charge in [-0.15, -0.1) is 0 Å². The zero-order chi connectivity index (χ0) is 17.1. The van der Waals surface area contributed by atoms with Crippen molar-refractivity contribution < 1.29 is 14.3 Å². The summed E-state index contributed by atoms with van der Waals surface area (Å²) in [5.41, 5.74) is 3.86. The number of hydrogen-bond donors (Lipinski definition) is 0. The Hall–Kier alpha value is -2.75. The first-order valence-electron chi connectivity index (χ1n) is 7.92. The van der Waals surface area contributed by atoms with Gasteiger partial charge in [-0.1, -0.05) is 30.9 Å². The summed E-state index contributed by atoms with van der Waals surface area (Å²) < 4.78 is 10.7. The Balaban J connectivity index is 1.89. The summed E-state index contributed by atoms with van der Waals surface area (Å²) in [4.78, 5) is 14.8. The third-order valence-corrected chi connectivity index (χ3v) is 4.42. The van der Waals surface area contributed by atoms with Gasteiger partial charge in [-0.25, -0.2) is 0 Å². The molecule has 0 unspecified atom stereocenters. The first-order valence-corrected chi connectivity index (χ1v) is 7.92. The van der Waals surface area contributed by atoms with Gasteiger partial charge in [0.05, 0.1) is 14.2 Å². The van der Waals surface area contributed by atoms with Crippen LogP contribution in [0.15, 0.2) is 43.0 Å². The molecule has 0 saturated carbocycles. The predicted octanol–water partition coefficient (Wildman–Crippen LogP) is 3.55. The van der Waals surface area contributed by atoms with Crippen molar-refractivity contribution in [3.8, 4) is 11.5 Å².